The topological polar surface area (TPSA) is 84.9 Å². The van der Waals surface area contributed by atoms with E-state index in [4.69, 9.17) is 9.47 Å². The van der Waals surface area contributed by atoms with E-state index in [1.54, 1.807) is 31.2 Å². The van der Waals surface area contributed by atoms with Gasteiger partial charge in [0.2, 0.25) is 15.9 Å². The standard InChI is InChI=1S/C23H30N2O5S/c1-6-20(25(31(5,27)28)16-10-9-11-17(14-16)29-4)22(26)24-19-15-23(2,3)30-21-13-8-7-12-18(19)21/h7-14,19-20H,6,15H2,1-5H3,(H,24,26). The van der Waals surface area contributed by atoms with Crippen molar-refractivity contribution >= 4 is 21.6 Å². The quantitative estimate of drug-likeness (QED) is 0.702. The van der Waals surface area contributed by atoms with Crippen LogP contribution < -0.4 is 19.1 Å². The minimum atomic E-state index is -3.73. The van der Waals surface area contributed by atoms with Crippen LogP contribution in [0.3, 0.4) is 0 Å². The van der Waals surface area contributed by atoms with Crippen molar-refractivity contribution in [1.82, 2.24) is 5.32 Å². The number of benzene rings is 2. The lowest BCUT2D eigenvalue weighted by molar-refractivity contribution is -0.123. The number of nitrogens with zero attached hydrogens (tertiary/aromatic N) is 1. The molecule has 1 aliphatic heterocycles. The number of para-hydroxylation sites is 1. The summed E-state index contributed by atoms with van der Waals surface area (Å²) in [5.74, 6) is 0.889. The molecular formula is C23H30N2O5S. The highest BCUT2D eigenvalue weighted by Gasteiger charge is 2.37. The second kappa shape index (κ2) is 8.78. The zero-order chi connectivity index (χ0) is 22.8. The van der Waals surface area contributed by atoms with Crippen molar-refractivity contribution in [1.29, 1.82) is 0 Å². The molecule has 2 aromatic rings. The third-order valence-corrected chi connectivity index (χ3v) is 6.51. The highest BCUT2D eigenvalue weighted by molar-refractivity contribution is 7.92. The normalized spacial score (nSPS) is 18.3. The number of rotatable bonds is 7. The van der Waals surface area contributed by atoms with E-state index in [1.165, 1.54) is 11.4 Å². The molecule has 0 bridgehead atoms. The van der Waals surface area contributed by atoms with E-state index in [2.05, 4.69) is 5.32 Å². The Bertz CT molecular complexity index is 1050. The molecule has 3 rings (SSSR count). The third kappa shape index (κ3) is 5.12. The van der Waals surface area contributed by atoms with Gasteiger partial charge < -0.3 is 14.8 Å². The summed E-state index contributed by atoms with van der Waals surface area (Å²) < 4.78 is 37.9. The van der Waals surface area contributed by atoms with E-state index in [0.717, 1.165) is 17.6 Å². The van der Waals surface area contributed by atoms with Crippen LogP contribution in [0.5, 0.6) is 11.5 Å². The number of nitrogens with one attached hydrogen (secondary N) is 1. The van der Waals surface area contributed by atoms with E-state index in [9.17, 15) is 13.2 Å². The fourth-order valence-electron chi connectivity index (χ4n) is 4.01. The van der Waals surface area contributed by atoms with Gasteiger partial charge in [-0.05, 0) is 38.5 Å². The van der Waals surface area contributed by atoms with Gasteiger partial charge in [-0.25, -0.2) is 8.42 Å². The first-order valence-corrected chi connectivity index (χ1v) is 12.1. The molecule has 7 nitrogen and oxygen atoms in total. The van der Waals surface area contributed by atoms with Gasteiger partial charge in [0.05, 0.1) is 25.1 Å². The van der Waals surface area contributed by atoms with Crippen LogP contribution in [0.2, 0.25) is 0 Å². The second-order valence-electron chi connectivity index (χ2n) is 8.35. The first-order valence-electron chi connectivity index (χ1n) is 10.3. The molecule has 0 radical (unpaired) electrons. The largest absolute Gasteiger partial charge is 0.497 e. The van der Waals surface area contributed by atoms with E-state index in [-0.39, 0.29) is 11.9 Å². The Kier molecular flexibility index (Phi) is 6.50. The average molecular weight is 447 g/mol. The molecule has 1 N–H and O–H groups in total. The van der Waals surface area contributed by atoms with Crippen LogP contribution >= 0.6 is 0 Å². The molecule has 1 heterocycles. The molecule has 0 fully saturated rings. The molecule has 0 saturated heterocycles. The van der Waals surface area contributed by atoms with Crippen molar-refractivity contribution in [3.63, 3.8) is 0 Å². The van der Waals surface area contributed by atoms with Crippen LogP contribution in [0.4, 0.5) is 5.69 Å². The second-order valence-corrected chi connectivity index (χ2v) is 10.2. The number of amides is 1. The summed E-state index contributed by atoms with van der Waals surface area (Å²) >= 11 is 0. The summed E-state index contributed by atoms with van der Waals surface area (Å²) in [7, 11) is -2.22. The predicted molar refractivity (Wildman–Crippen MR) is 121 cm³/mol. The molecule has 0 saturated carbocycles. The van der Waals surface area contributed by atoms with Crippen molar-refractivity contribution in [3.05, 3.63) is 54.1 Å². The molecule has 2 aromatic carbocycles. The molecule has 1 amide bonds. The smallest absolute Gasteiger partial charge is 0.244 e. The fraction of sp³-hybridized carbons (Fsp3) is 0.435. The minimum Gasteiger partial charge on any atom is -0.497 e. The average Bonchev–Trinajstić information content (AvgIpc) is 2.70. The number of ether oxygens (including phenoxy) is 2. The highest BCUT2D eigenvalue weighted by atomic mass is 32.2. The van der Waals surface area contributed by atoms with Crippen LogP contribution in [0.1, 0.15) is 45.2 Å². The van der Waals surface area contributed by atoms with Gasteiger partial charge in [0.1, 0.15) is 23.1 Å². The Morgan fingerprint density at radius 1 is 1.26 bits per heavy atom. The highest BCUT2D eigenvalue weighted by Crippen LogP contribution is 2.39. The maximum absolute atomic E-state index is 13.4. The first-order chi connectivity index (χ1) is 14.6. The van der Waals surface area contributed by atoms with E-state index in [0.29, 0.717) is 24.3 Å². The predicted octanol–water partition coefficient (Wildman–Crippen LogP) is 3.66. The maximum Gasteiger partial charge on any atom is 0.244 e. The van der Waals surface area contributed by atoms with E-state index in [1.807, 2.05) is 38.1 Å². The first kappa shape index (κ1) is 22.9. The molecule has 2 atom stereocenters. The van der Waals surface area contributed by atoms with E-state index >= 15 is 0 Å². The lowest BCUT2D eigenvalue weighted by Gasteiger charge is -2.39. The molecule has 0 aliphatic carbocycles. The fourth-order valence-corrected chi connectivity index (χ4v) is 5.21. The maximum atomic E-state index is 13.4. The van der Waals surface area contributed by atoms with Crippen LogP contribution in [0.15, 0.2) is 48.5 Å². The number of hydrogen-bond acceptors (Lipinski definition) is 5. The van der Waals surface area contributed by atoms with Crippen LogP contribution in [-0.2, 0) is 14.8 Å². The van der Waals surface area contributed by atoms with Crippen LogP contribution in [-0.4, -0.2) is 39.3 Å². The van der Waals surface area contributed by atoms with Gasteiger partial charge in [-0.15, -0.1) is 0 Å². The third-order valence-electron chi connectivity index (χ3n) is 5.33. The lowest BCUT2D eigenvalue weighted by atomic mass is 9.89. The Balaban J connectivity index is 1.94. The Labute approximate surface area is 184 Å². The number of hydrogen-bond donors (Lipinski definition) is 1. The monoisotopic (exact) mass is 446 g/mol. The Hall–Kier alpha value is -2.74. The summed E-state index contributed by atoms with van der Waals surface area (Å²) in [6.07, 6.45) is 1.99. The number of sulfonamides is 1. The van der Waals surface area contributed by atoms with Gasteiger partial charge >= 0.3 is 0 Å². The minimum absolute atomic E-state index is 0.284. The van der Waals surface area contributed by atoms with Crippen molar-refractivity contribution < 1.29 is 22.7 Å². The summed E-state index contributed by atoms with van der Waals surface area (Å²) in [5, 5.41) is 3.08. The zero-order valence-corrected chi connectivity index (χ0v) is 19.4. The van der Waals surface area contributed by atoms with Crippen molar-refractivity contribution in [3.8, 4) is 11.5 Å². The summed E-state index contributed by atoms with van der Waals surface area (Å²) in [5.41, 5.74) is 0.811. The van der Waals surface area contributed by atoms with E-state index < -0.39 is 21.7 Å². The van der Waals surface area contributed by atoms with Gasteiger partial charge in [-0.1, -0.05) is 31.2 Å². The summed E-state index contributed by atoms with van der Waals surface area (Å²) in [6.45, 7) is 5.74. The molecule has 31 heavy (non-hydrogen) atoms. The van der Waals surface area contributed by atoms with Gasteiger partial charge in [0.15, 0.2) is 0 Å². The van der Waals surface area contributed by atoms with Gasteiger partial charge in [-0.2, -0.15) is 0 Å². The van der Waals surface area contributed by atoms with Gasteiger partial charge in [-0.3, -0.25) is 9.10 Å². The molecule has 0 aromatic heterocycles. The Morgan fingerprint density at radius 3 is 2.61 bits per heavy atom. The zero-order valence-electron chi connectivity index (χ0n) is 18.6. The van der Waals surface area contributed by atoms with Crippen LogP contribution in [0, 0.1) is 0 Å². The number of methoxy groups -OCH3 is 1. The molecule has 0 spiro atoms. The van der Waals surface area contributed by atoms with Gasteiger partial charge in [0, 0.05) is 18.1 Å². The van der Waals surface area contributed by atoms with Crippen molar-refractivity contribution in [2.45, 2.75) is 51.3 Å². The van der Waals surface area contributed by atoms with Crippen molar-refractivity contribution in [2.75, 3.05) is 17.7 Å². The number of carbonyl (C=O) groups excluding carboxylic acids is 1. The van der Waals surface area contributed by atoms with Crippen LogP contribution in [0.25, 0.3) is 0 Å². The number of fused-ring (bicyclic) bond motifs is 1. The molecular weight excluding hydrogens is 416 g/mol. The molecule has 8 heteroatoms. The summed E-state index contributed by atoms with van der Waals surface area (Å²) in [4.78, 5) is 13.4. The molecule has 168 valence electrons. The molecule has 1 aliphatic rings. The van der Waals surface area contributed by atoms with Crippen molar-refractivity contribution in [2.24, 2.45) is 0 Å². The lowest BCUT2D eigenvalue weighted by Crippen LogP contribution is -2.51. The van der Waals surface area contributed by atoms with Gasteiger partial charge in [0.25, 0.3) is 0 Å². The number of carbonyl (C=O) groups is 1. The SMILES string of the molecule is CCC(C(=O)NC1CC(C)(C)Oc2ccccc21)N(c1cccc(OC)c1)S(C)(=O)=O. The number of anilines is 1. The molecule has 2 unspecified atom stereocenters. The Morgan fingerprint density at radius 2 is 1.97 bits per heavy atom. The summed E-state index contributed by atoms with van der Waals surface area (Å²) in [6, 6.07) is 13.1.